The second kappa shape index (κ2) is 7.34. The Morgan fingerprint density at radius 1 is 1.19 bits per heavy atom. The van der Waals surface area contributed by atoms with Gasteiger partial charge in [-0.1, -0.05) is 48.3 Å². The van der Waals surface area contributed by atoms with Gasteiger partial charge in [-0.15, -0.1) is 0 Å². The molecule has 1 amide bonds. The molecule has 0 aliphatic carbocycles. The third-order valence-electron chi connectivity index (χ3n) is 2.87. The molecule has 2 aromatic carbocycles. The smallest absolute Gasteiger partial charge is 0.265 e. The standard InChI is InChI=1S/C16H15Cl2NO2/c1-2-15(21-12-6-4-3-5-7-12)16(20)19-14-9-8-11(17)10-13(14)18/h3-10,15H,2H2,1H3,(H,19,20)/t15-/m0/s1. The van der Waals surface area contributed by atoms with E-state index in [2.05, 4.69) is 5.32 Å². The summed E-state index contributed by atoms with van der Waals surface area (Å²) in [6, 6.07) is 14.1. The minimum atomic E-state index is -0.584. The number of carbonyl (C=O) groups excluding carboxylic acids is 1. The third-order valence-corrected chi connectivity index (χ3v) is 3.42. The van der Waals surface area contributed by atoms with Crippen LogP contribution in [0, 0.1) is 0 Å². The Kier molecular flexibility index (Phi) is 5.48. The van der Waals surface area contributed by atoms with Gasteiger partial charge in [-0.05, 0) is 36.8 Å². The number of nitrogens with one attached hydrogen (secondary N) is 1. The average molecular weight is 324 g/mol. The quantitative estimate of drug-likeness (QED) is 0.859. The molecule has 0 fully saturated rings. The van der Waals surface area contributed by atoms with Crippen LogP contribution in [0.2, 0.25) is 10.0 Å². The maximum Gasteiger partial charge on any atom is 0.265 e. The van der Waals surface area contributed by atoms with Crippen LogP contribution in [0.4, 0.5) is 5.69 Å². The summed E-state index contributed by atoms with van der Waals surface area (Å²) in [6.07, 6.45) is -0.0366. The number of amides is 1. The maximum atomic E-state index is 12.3. The van der Waals surface area contributed by atoms with Gasteiger partial charge in [0.05, 0.1) is 10.7 Å². The van der Waals surface area contributed by atoms with Crippen molar-refractivity contribution in [2.24, 2.45) is 0 Å². The topological polar surface area (TPSA) is 38.3 Å². The Morgan fingerprint density at radius 2 is 1.90 bits per heavy atom. The van der Waals surface area contributed by atoms with Gasteiger partial charge < -0.3 is 10.1 Å². The lowest BCUT2D eigenvalue weighted by Crippen LogP contribution is -2.32. The molecule has 110 valence electrons. The van der Waals surface area contributed by atoms with Crippen molar-refractivity contribution in [2.45, 2.75) is 19.4 Å². The summed E-state index contributed by atoms with van der Waals surface area (Å²) in [5.41, 5.74) is 0.515. The molecular weight excluding hydrogens is 309 g/mol. The van der Waals surface area contributed by atoms with E-state index in [9.17, 15) is 4.79 Å². The predicted octanol–water partition coefficient (Wildman–Crippen LogP) is 4.79. The van der Waals surface area contributed by atoms with Crippen LogP contribution in [0.1, 0.15) is 13.3 Å². The third kappa shape index (κ3) is 4.38. The van der Waals surface area contributed by atoms with E-state index in [4.69, 9.17) is 27.9 Å². The highest BCUT2D eigenvalue weighted by molar-refractivity contribution is 6.36. The predicted molar refractivity (Wildman–Crippen MR) is 86.2 cm³/mol. The molecule has 0 spiro atoms. The number of carbonyl (C=O) groups is 1. The molecule has 0 unspecified atom stereocenters. The van der Waals surface area contributed by atoms with Gasteiger partial charge >= 0.3 is 0 Å². The van der Waals surface area contributed by atoms with Crippen molar-refractivity contribution in [1.29, 1.82) is 0 Å². The molecule has 1 N–H and O–H groups in total. The van der Waals surface area contributed by atoms with Gasteiger partial charge in [-0.3, -0.25) is 4.79 Å². The van der Waals surface area contributed by atoms with Crippen LogP contribution in [0.3, 0.4) is 0 Å². The highest BCUT2D eigenvalue weighted by Crippen LogP contribution is 2.25. The summed E-state index contributed by atoms with van der Waals surface area (Å²) in [5, 5.41) is 3.67. The molecule has 1 atom stereocenters. The number of rotatable bonds is 5. The largest absolute Gasteiger partial charge is 0.481 e. The van der Waals surface area contributed by atoms with E-state index in [1.54, 1.807) is 18.2 Å². The first-order valence-electron chi connectivity index (χ1n) is 6.57. The molecule has 0 aromatic heterocycles. The van der Waals surface area contributed by atoms with Crippen LogP contribution in [0.25, 0.3) is 0 Å². The van der Waals surface area contributed by atoms with Crippen molar-refractivity contribution in [3.63, 3.8) is 0 Å². The molecule has 0 saturated heterocycles. The molecule has 5 heteroatoms. The normalized spacial score (nSPS) is 11.8. The number of para-hydroxylation sites is 1. The minimum Gasteiger partial charge on any atom is -0.481 e. The van der Waals surface area contributed by atoms with Crippen molar-refractivity contribution < 1.29 is 9.53 Å². The molecule has 0 bridgehead atoms. The molecule has 3 nitrogen and oxygen atoms in total. The first-order chi connectivity index (χ1) is 10.1. The van der Waals surface area contributed by atoms with E-state index in [1.165, 1.54) is 0 Å². The molecule has 2 aromatic rings. The fourth-order valence-corrected chi connectivity index (χ4v) is 2.25. The first-order valence-corrected chi connectivity index (χ1v) is 7.33. The number of hydrogen-bond donors (Lipinski definition) is 1. The highest BCUT2D eigenvalue weighted by atomic mass is 35.5. The van der Waals surface area contributed by atoms with Gasteiger partial charge in [0.15, 0.2) is 6.10 Å². The summed E-state index contributed by atoms with van der Waals surface area (Å²) in [5.74, 6) is 0.410. The van der Waals surface area contributed by atoms with Crippen molar-refractivity contribution in [1.82, 2.24) is 0 Å². The van der Waals surface area contributed by atoms with E-state index in [-0.39, 0.29) is 5.91 Å². The second-order valence-corrected chi connectivity index (χ2v) is 5.28. The molecular formula is C16H15Cl2NO2. The molecule has 0 aliphatic rings. The maximum absolute atomic E-state index is 12.3. The van der Waals surface area contributed by atoms with Gasteiger partial charge in [-0.25, -0.2) is 0 Å². The van der Waals surface area contributed by atoms with E-state index >= 15 is 0 Å². The molecule has 0 aliphatic heterocycles. The van der Waals surface area contributed by atoms with Crippen molar-refractivity contribution in [2.75, 3.05) is 5.32 Å². The molecule has 0 radical (unpaired) electrons. The number of halogens is 2. The van der Waals surface area contributed by atoms with Crippen LogP contribution >= 0.6 is 23.2 Å². The van der Waals surface area contributed by atoms with Crippen molar-refractivity contribution in [3.05, 3.63) is 58.6 Å². The zero-order chi connectivity index (χ0) is 15.2. The lowest BCUT2D eigenvalue weighted by Gasteiger charge is -2.17. The Balaban J connectivity index is 2.06. The number of anilines is 1. The van der Waals surface area contributed by atoms with Gasteiger partial charge in [0.1, 0.15) is 5.75 Å². The lowest BCUT2D eigenvalue weighted by atomic mass is 10.2. The molecule has 21 heavy (non-hydrogen) atoms. The first kappa shape index (κ1) is 15.7. The van der Waals surface area contributed by atoms with Crippen molar-refractivity contribution in [3.8, 4) is 5.75 Å². The van der Waals surface area contributed by atoms with Gasteiger partial charge in [0.25, 0.3) is 5.91 Å². The Morgan fingerprint density at radius 3 is 2.52 bits per heavy atom. The Bertz CT molecular complexity index is 617. The summed E-state index contributed by atoms with van der Waals surface area (Å²) >= 11 is 11.9. The average Bonchev–Trinajstić information content (AvgIpc) is 2.48. The van der Waals surface area contributed by atoms with Crippen LogP contribution in [-0.2, 0) is 4.79 Å². The highest BCUT2D eigenvalue weighted by Gasteiger charge is 2.19. The summed E-state index contributed by atoms with van der Waals surface area (Å²) in [6.45, 7) is 1.89. The van der Waals surface area contributed by atoms with Crippen LogP contribution in [0.15, 0.2) is 48.5 Å². The van der Waals surface area contributed by atoms with E-state index in [0.717, 1.165) is 0 Å². The minimum absolute atomic E-state index is 0.245. The summed E-state index contributed by atoms with van der Waals surface area (Å²) < 4.78 is 5.68. The van der Waals surface area contributed by atoms with E-state index in [0.29, 0.717) is 27.9 Å². The van der Waals surface area contributed by atoms with E-state index in [1.807, 2.05) is 37.3 Å². The monoisotopic (exact) mass is 323 g/mol. The fraction of sp³-hybridized carbons (Fsp3) is 0.188. The molecule has 0 saturated carbocycles. The Labute approximate surface area is 133 Å². The number of benzene rings is 2. The molecule has 0 heterocycles. The SMILES string of the molecule is CC[C@H](Oc1ccccc1)C(=O)Nc1ccc(Cl)cc1Cl. The van der Waals surface area contributed by atoms with Crippen LogP contribution in [-0.4, -0.2) is 12.0 Å². The summed E-state index contributed by atoms with van der Waals surface area (Å²) in [4.78, 5) is 12.3. The molecule has 2 rings (SSSR count). The van der Waals surface area contributed by atoms with Gasteiger partial charge in [-0.2, -0.15) is 0 Å². The number of ether oxygens (including phenoxy) is 1. The summed E-state index contributed by atoms with van der Waals surface area (Å²) in [7, 11) is 0. The second-order valence-electron chi connectivity index (χ2n) is 4.44. The fourth-order valence-electron chi connectivity index (χ4n) is 1.79. The van der Waals surface area contributed by atoms with Gasteiger partial charge in [0, 0.05) is 5.02 Å². The Hall–Kier alpha value is -1.71. The van der Waals surface area contributed by atoms with Crippen LogP contribution in [0.5, 0.6) is 5.75 Å². The van der Waals surface area contributed by atoms with Crippen LogP contribution < -0.4 is 10.1 Å². The van der Waals surface area contributed by atoms with Crippen molar-refractivity contribution >= 4 is 34.8 Å². The van der Waals surface area contributed by atoms with E-state index < -0.39 is 6.10 Å². The zero-order valence-corrected chi connectivity index (χ0v) is 13.0. The zero-order valence-electron chi connectivity index (χ0n) is 11.5. The van der Waals surface area contributed by atoms with Gasteiger partial charge in [0.2, 0.25) is 0 Å². The number of hydrogen-bond acceptors (Lipinski definition) is 2. The lowest BCUT2D eigenvalue weighted by molar-refractivity contribution is -0.122.